The van der Waals surface area contributed by atoms with Gasteiger partial charge in [0.05, 0.1) is 0 Å². The zero-order valence-corrected chi connectivity index (χ0v) is 14.6. The third-order valence-electron chi connectivity index (χ3n) is 4.89. The zero-order chi connectivity index (χ0) is 16.9. The van der Waals surface area contributed by atoms with Crippen LogP contribution in [0, 0.1) is 5.92 Å². The fourth-order valence-electron chi connectivity index (χ4n) is 3.53. The summed E-state index contributed by atoms with van der Waals surface area (Å²) in [6.45, 7) is 5.26. The van der Waals surface area contributed by atoms with Crippen molar-refractivity contribution in [3.63, 3.8) is 0 Å². The molecular weight excluding hydrogens is 298 g/mol. The third kappa shape index (κ3) is 4.13. The molecule has 1 atom stereocenters. The molecule has 2 aromatic rings. The van der Waals surface area contributed by atoms with Crippen LogP contribution in [0.5, 0.6) is 0 Å². The van der Waals surface area contributed by atoms with Crippen LogP contribution in [0.4, 0.5) is 0 Å². The minimum absolute atomic E-state index is 0.306. The quantitative estimate of drug-likeness (QED) is 0.917. The molecular formula is C20H27N3O. The molecule has 0 bridgehead atoms. The van der Waals surface area contributed by atoms with E-state index in [9.17, 15) is 5.11 Å². The number of hydrogen-bond acceptors (Lipinski definition) is 3. The maximum Gasteiger partial charge on any atom is 0.137 e. The van der Waals surface area contributed by atoms with Crippen LogP contribution < -0.4 is 0 Å². The lowest BCUT2D eigenvalue weighted by Crippen LogP contribution is -2.36. The summed E-state index contributed by atoms with van der Waals surface area (Å²) in [5.41, 5.74) is 2.64. The summed E-state index contributed by atoms with van der Waals surface area (Å²) < 4.78 is 1.92. The molecule has 3 rings (SSSR count). The number of hydrogen-bond donors (Lipinski definition) is 1. The Hall–Kier alpha value is -1.91. The summed E-state index contributed by atoms with van der Waals surface area (Å²) in [6, 6.07) is 10.5. The highest BCUT2D eigenvalue weighted by Crippen LogP contribution is 2.29. The predicted octanol–water partition coefficient (Wildman–Crippen LogP) is 3.27. The first-order valence-corrected chi connectivity index (χ1v) is 8.73. The Morgan fingerprint density at radius 3 is 2.62 bits per heavy atom. The Labute approximate surface area is 144 Å². The van der Waals surface area contributed by atoms with Gasteiger partial charge in [-0.1, -0.05) is 42.0 Å². The fourth-order valence-corrected chi connectivity index (χ4v) is 3.53. The van der Waals surface area contributed by atoms with Crippen molar-refractivity contribution in [2.24, 2.45) is 13.0 Å². The van der Waals surface area contributed by atoms with E-state index in [-0.39, 0.29) is 0 Å². The molecule has 1 aliphatic heterocycles. The lowest BCUT2D eigenvalue weighted by atomic mass is 9.90. The first-order valence-electron chi connectivity index (χ1n) is 8.73. The first kappa shape index (κ1) is 16.9. The Kier molecular flexibility index (Phi) is 5.48. The van der Waals surface area contributed by atoms with Gasteiger partial charge in [0.2, 0.25) is 0 Å². The minimum atomic E-state index is -0.451. The average molecular weight is 325 g/mol. The number of aromatic nitrogens is 2. The Morgan fingerprint density at radius 1 is 1.29 bits per heavy atom. The number of aliphatic hydroxyl groups excluding tert-OH is 1. The summed E-state index contributed by atoms with van der Waals surface area (Å²) in [5, 5.41) is 10.6. The molecule has 0 spiro atoms. The Balaban J connectivity index is 1.52. The Bertz CT molecular complexity index is 669. The van der Waals surface area contributed by atoms with E-state index < -0.39 is 6.10 Å². The van der Waals surface area contributed by atoms with Crippen molar-refractivity contribution >= 4 is 6.08 Å². The van der Waals surface area contributed by atoms with Gasteiger partial charge in [-0.3, -0.25) is 4.90 Å². The van der Waals surface area contributed by atoms with E-state index in [4.69, 9.17) is 0 Å². The van der Waals surface area contributed by atoms with E-state index in [2.05, 4.69) is 47.1 Å². The largest absolute Gasteiger partial charge is 0.385 e. The van der Waals surface area contributed by atoms with Crippen LogP contribution in [-0.2, 0) is 7.05 Å². The SMILES string of the molecule is C/C(=C\c1ccccc1)CN1CCC(C(O)c2nccn2C)CC1. The van der Waals surface area contributed by atoms with Gasteiger partial charge in [-0.15, -0.1) is 0 Å². The number of piperidine rings is 1. The van der Waals surface area contributed by atoms with Crippen LogP contribution in [-0.4, -0.2) is 39.2 Å². The molecule has 4 heteroatoms. The van der Waals surface area contributed by atoms with Crippen molar-refractivity contribution in [3.05, 3.63) is 59.7 Å². The van der Waals surface area contributed by atoms with Crippen LogP contribution in [0.2, 0.25) is 0 Å². The molecule has 0 radical (unpaired) electrons. The molecule has 1 N–H and O–H groups in total. The van der Waals surface area contributed by atoms with E-state index in [0.717, 1.165) is 38.3 Å². The van der Waals surface area contributed by atoms with Gasteiger partial charge < -0.3 is 9.67 Å². The maximum atomic E-state index is 10.6. The number of imidazole rings is 1. The monoisotopic (exact) mass is 325 g/mol. The lowest BCUT2D eigenvalue weighted by molar-refractivity contribution is 0.0535. The molecule has 2 heterocycles. The number of nitrogens with zero attached hydrogens (tertiary/aromatic N) is 3. The van der Waals surface area contributed by atoms with Gasteiger partial charge in [0.1, 0.15) is 11.9 Å². The van der Waals surface area contributed by atoms with Crippen LogP contribution in [0.25, 0.3) is 6.08 Å². The highest BCUT2D eigenvalue weighted by molar-refractivity contribution is 5.52. The fraction of sp³-hybridized carbons (Fsp3) is 0.450. The van der Waals surface area contributed by atoms with Gasteiger partial charge in [0.25, 0.3) is 0 Å². The van der Waals surface area contributed by atoms with Crippen LogP contribution >= 0.6 is 0 Å². The number of benzene rings is 1. The summed E-state index contributed by atoms with van der Waals surface area (Å²) in [4.78, 5) is 6.78. The molecule has 0 amide bonds. The molecule has 0 saturated carbocycles. The lowest BCUT2D eigenvalue weighted by Gasteiger charge is -2.34. The molecule has 0 aliphatic carbocycles. The summed E-state index contributed by atoms with van der Waals surface area (Å²) in [6.07, 6.45) is 7.50. The Morgan fingerprint density at radius 2 is 2.00 bits per heavy atom. The number of aliphatic hydroxyl groups is 1. The van der Waals surface area contributed by atoms with Gasteiger partial charge >= 0.3 is 0 Å². The molecule has 1 saturated heterocycles. The van der Waals surface area contributed by atoms with E-state index in [1.54, 1.807) is 6.20 Å². The van der Waals surface area contributed by atoms with Crippen molar-refractivity contribution < 1.29 is 5.11 Å². The van der Waals surface area contributed by atoms with Crippen LogP contribution in [0.15, 0.2) is 48.3 Å². The van der Waals surface area contributed by atoms with Crippen LogP contribution in [0.3, 0.4) is 0 Å². The standard InChI is InChI=1S/C20H27N3O/c1-16(14-17-6-4-3-5-7-17)15-23-11-8-18(9-12-23)19(24)20-21-10-13-22(20)2/h3-7,10,13-14,18-19,24H,8-9,11-12,15H2,1-2H3/b16-14+. The molecule has 128 valence electrons. The van der Waals surface area contributed by atoms with Crippen LogP contribution in [0.1, 0.15) is 37.3 Å². The first-order chi connectivity index (χ1) is 11.6. The van der Waals surface area contributed by atoms with Gasteiger partial charge in [-0.25, -0.2) is 4.98 Å². The summed E-state index contributed by atoms with van der Waals surface area (Å²) >= 11 is 0. The molecule has 1 aromatic heterocycles. The number of likely N-dealkylation sites (tertiary alicyclic amines) is 1. The van der Waals surface area contributed by atoms with Gasteiger partial charge in [0.15, 0.2) is 0 Å². The van der Waals surface area contributed by atoms with Gasteiger partial charge in [-0.05, 0) is 44.3 Å². The van der Waals surface area contributed by atoms with Crippen molar-refractivity contribution in [1.29, 1.82) is 0 Å². The summed E-state index contributed by atoms with van der Waals surface area (Å²) in [5.74, 6) is 1.09. The number of rotatable bonds is 5. The second-order valence-corrected chi connectivity index (χ2v) is 6.86. The molecule has 1 unspecified atom stereocenters. The molecule has 4 nitrogen and oxygen atoms in total. The van der Waals surface area contributed by atoms with E-state index >= 15 is 0 Å². The normalized spacial score (nSPS) is 18.7. The highest BCUT2D eigenvalue weighted by atomic mass is 16.3. The summed E-state index contributed by atoms with van der Waals surface area (Å²) in [7, 11) is 1.94. The van der Waals surface area contributed by atoms with Gasteiger partial charge in [-0.2, -0.15) is 0 Å². The average Bonchev–Trinajstić information content (AvgIpc) is 3.02. The van der Waals surface area contributed by atoms with E-state index in [1.807, 2.05) is 23.9 Å². The third-order valence-corrected chi connectivity index (χ3v) is 4.89. The molecule has 1 aromatic carbocycles. The maximum absolute atomic E-state index is 10.6. The van der Waals surface area contributed by atoms with E-state index in [1.165, 1.54) is 11.1 Å². The highest BCUT2D eigenvalue weighted by Gasteiger charge is 2.28. The topological polar surface area (TPSA) is 41.3 Å². The van der Waals surface area contributed by atoms with Crippen molar-refractivity contribution in [2.45, 2.75) is 25.9 Å². The molecule has 24 heavy (non-hydrogen) atoms. The predicted molar refractivity (Wildman–Crippen MR) is 97.4 cm³/mol. The minimum Gasteiger partial charge on any atom is -0.385 e. The van der Waals surface area contributed by atoms with Crippen molar-refractivity contribution in [3.8, 4) is 0 Å². The van der Waals surface area contributed by atoms with Crippen molar-refractivity contribution in [1.82, 2.24) is 14.5 Å². The second-order valence-electron chi connectivity index (χ2n) is 6.86. The zero-order valence-electron chi connectivity index (χ0n) is 14.6. The second kappa shape index (κ2) is 7.77. The van der Waals surface area contributed by atoms with Crippen molar-refractivity contribution in [2.75, 3.05) is 19.6 Å². The van der Waals surface area contributed by atoms with E-state index in [0.29, 0.717) is 5.92 Å². The van der Waals surface area contributed by atoms with Gasteiger partial charge in [0, 0.05) is 26.0 Å². The molecule has 1 fully saturated rings. The smallest absolute Gasteiger partial charge is 0.137 e. The number of aryl methyl sites for hydroxylation is 1. The molecule has 1 aliphatic rings.